The van der Waals surface area contributed by atoms with E-state index in [2.05, 4.69) is 37.4 Å². The molecule has 0 radical (unpaired) electrons. The van der Waals surface area contributed by atoms with Crippen LogP contribution in [0.15, 0.2) is 53.3 Å². The molecule has 2 aromatic heterocycles. The highest BCUT2D eigenvalue weighted by molar-refractivity contribution is 9.10. The molecule has 0 aliphatic carbocycles. The van der Waals surface area contributed by atoms with Crippen LogP contribution >= 0.6 is 15.9 Å². The van der Waals surface area contributed by atoms with Crippen molar-refractivity contribution in [2.45, 2.75) is 6.54 Å². The van der Waals surface area contributed by atoms with E-state index < -0.39 is 0 Å². The van der Waals surface area contributed by atoms with E-state index in [9.17, 15) is 0 Å². The summed E-state index contributed by atoms with van der Waals surface area (Å²) in [6, 6.07) is 12.2. The first-order valence-electron chi connectivity index (χ1n) is 5.70. The van der Waals surface area contributed by atoms with E-state index in [0.717, 1.165) is 26.9 Å². The molecule has 0 amide bonds. The maximum Gasteiger partial charge on any atom is 0.145 e. The zero-order valence-corrected chi connectivity index (χ0v) is 11.3. The second-order valence-electron chi connectivity index (χ2n) is 4.10. The number of imidazole rings is 1. The zero-order chi connectivity index (χ0) is 12.5. The third-order valence-electron chi connectivity index (χ3n) is 2.95. The summed E-state index contributed by atoms with van der Waals surface area (Å²) in [6.45, 7) is 0.548. The Morgan fingerprint density at radius 1 is 1.22 bits per heavy atom. The fourth-order valence-corrected chi connectivity index (χ4v) is 2.48. The van der Waals surface area contributed by atoms with Crippen LogP contribution in [-0.4, -0.2) is 9.38 Å². The van der Waals surface area contributed by atoms with Gasteiger partial charge in [-0.15, -0.1) is 0 Å². The molecular weight excluding hydrogens is 290 g/mol. The molecule has 1 aromatic carbocycles. The number of rotatable bonds is 2. The van der Waals surface area contributed by atoms with Crippen LogP contribution in [0.2, 0.25) is 0 Å². The van der Waals surface area contributed by atoms with E-state index in [0.29, 0.717) is 6.54 Å². The van der Waals surface area contributed by atoms with E-state index in [-0.39, 0.29) is 0 Å². The molecule has 3 rings (SSSR count). The smallest absolute Gasteiger partial charge is 0.145 e. The fraction of sp³-hybridized carbons (Fsp3) is 0.0714. The lowest BCUT2D eigenvalue weighted by molar-refractivity contribution is 1.05. The predicted octanol–water partition coefficient (Wildman–Crippen LogP) is 3.22. The first-order valence-corrected chi connectivity index (χ1v) is 6.50. The van der Waals surface area contributed by atoms with Crippen molar-refractivity contribution in [2.24, 2.45) is 5.73 Å². The van der Waals surface area contributed by atoms with Gasteiger partial charge in [-0.05, 0) is 23.8 Å². The van der Waals surface area contributed by atoms with Gasteiger partial charge in [0, 0.05) is 22.8 Å². The highest BCUT2D eigenvalue weighted by Gasteiger charge is 2.09. The molecule has 18 heavy (non-hydrogen) atoms. The van der Waals surface area contributed by atoms with Crippen molar-refractivity contribution >= 4 is 21.4 Å². The van der Waals surface area contributed by atoms with Crippen LogP contribution in [0.25, 0.3) is 16.9 Å². The van der Waals surface area contributed by atoms with Crippen molar-refractivity contribution in [3.8, 4) is 11.4 Å². The summed E-state index contributed by atoms with van der Waals surface area (Å²) < 4.78 is 3.11. The number of nitrogens with two attached hydrogens (primary N) is 1. The van der Waals surface area contributed by atoms with E-state index in [1.165, 1.54) is 0 Å². The molecule has 0 aliphatic heterocycles. The number of benzene rings is 1. The van der Waals surface area contributed by atoms with Gasteiger partial charge < -0.3 is 5.73 Å². The molecule has 3 aromatic rings. The lowest BCUT2D eigenvalue weighted by atomic mass is 10.2. The molecule has 0 saturated carbocycles. The summed E-state index contributed by atoms with van der Waals surface area (Å²) in [5, 5.41) is 0. The normalized spacial score (nSPS) is 11.0. The average Bonchev–Trinajstić information content (AvgIpc) is 2.82. The maximum atomic E-state index is 5.65. The Balaban J connectivity index is 2.22. The van der Waals surface area contributed by atoms with E-state index >= 15 is 0 Å². The summed E-state index contributed by atoms with van der Waals surface area (Å²) in [6.07, 6.45) is 3.88. The molecule has 0 spiro atoms. The molecule has 0 bridgehead atoms. The third-order valence-corrected chi connectivity index (χ3v) is 3.64. The van der Waals surface area contributed by atoms with Gasteiger partial charge in [0.25, 0.3) is 0 Å². The highest BCUT2D eigenvalue weighted by atomic mass is 79.9. The first-order chi connectivity index (χ1) is 8.79. The Kier molecular flexibility index (Phi) is 2.89. The number of nitrogens with zero attached hydrogens (tertiary/aromatic N) is 2. The number of hydrogen-bond acceptors (Lipinski definition) is 2. The van der Waals surface area contributed by atoms with Crippen LogP contribution in [0.5, 0.6) is 0 Å². The molecule has 0 aliphatic rings. The van der Waals surface area contributed by atoms with Gasteiger partial charge in [0.05, 0.1) is 11.7 Å². The molecule has 0 saturated heterocycles. The maximum absolute atomic E-state index is 5.65. The minimum atomic E-state index is 0.548. The van der Waals surface area contributed by atoms with Crippen LogP contribution < -0.4 is 5.73 Å². The van der Waals surface area contributed by atoms with Gasteiger partial charge in [-0.3, -0.25) is 4.40 Å². The molecule has 90 valence electrons. The molecule has 4 heteroatoms. The number of halogens is 1. The number of aromatic nitrogens is 2. The van der Waals surface area contributed by atoms with Crippen molar-refractivity contribution in [3.05, 3.63) is 58.8 Å². The van der Waals surface area contributed by atoms with Crippen LogP contribution in [0.3, 0.4) is 0 Å². The Hall–Kier alpha value is -1.65. The number of hydrogen-bond donors (Lipinski definition) is 1. The summed E-state index contributed by atoms with van der Waals surface area (Å²) in [5.74, 6) is 0.932. The van der Waals surface area contributed by atoms with Crippen LogP contribution in [0.4, 0.5) is 0 Å². The summed E-state index contributed by atoms with van der Waals surface area (Å²) in [5.41, 5.74) is 8.90. The summed E-state index contributed by atoms with van der Waals surface area (Å²) >= 11 is 3.56. The largest absolute Gasteiger partial charge is 0.326 e. The van der Waals surface area contributed by atoms with Gasteiger partial charge in [-0.25, -0.2) is 4.98 Å². The third kappa shape index (κ3) is 1.83. The van der Waals surface area contributed by atoms with E-state index in [1.54, 1.807) is 0 Å². The van der Waals surface area contributed by atoms with Crippen molar-refractivity contribution < 1.29 is 0 Å². The molecule has 3 nitrogen and oxygen atoms in total. The topological polar surface area (TPSA) is 43.3 Å². The summed E-state index contributed by atoms with van der Waals surface area (Å²) in [4.78, 5) is 4.49. The molecule has 2 N–H and O–H groups in total. The van der Waals surface area contributed by atoms with Gasteiger partial charge in [-0.2, -0.15) is 0 Å². The van der Waals surface area contributed by atoms with E-state index in [4.69, 9.17) is 5.73 Å². The Labute approximate surface area is 113 Å². The quantitative estimate of drug-likeness (QED) is 0.790. The lowest BCUT2D eigenvalue weighted by Crippen LogP contribution is -1.97. The fourth-order valence-electron chi connectivity index (χ4n) is 2.01. The Morgan fingerprint density at radius 2 is 2.06 bits per heavy atom. The van der Waals surface area contributed by atoms with Crippen LogP contribution in [0.1, 0.15) is 5.56 Å². The number of pyridine rings is 1. The van der Waals surface area contributed by atoms with Gasteiger partial charge in [-0.1, -0.05) is 34.1 Å². The van der Waals surface area contributed by atoms with Gasteiger partial charge in [0.15, 0.2) is 0 Å². The van der Waals surface area contributed by atoms with Crippen molar-refractivity contribution in [3.63, 3.8) is 0 Å². The molecule has 0 fully saturated rings. The van der Waals surface area contributed by atoms with Gasteiger partial charge in [0.2, 0.25) is 0 Å². The predicted molar refractivity (Wildman–Crippen MR) is 76.2 cm³/mol. The minimum Gasteiger partial charge on any atom is -0.326 e. The monoisotopic (exact) mass is 301 g/mol. The van der Waals surface area contributed by atoms with Crippen LogP contribution in [-0.2, 0) is 6.54 Å². The molecule has 0 atom stereocenters. The van der Waals surface area contributed by atoms with Crippen molar-refractivity contribution in [1.29, 1.82) is 0 Å². The first kappa shape index (κ1) is 11.4. The SMILES string of the molecule is NCc1ccn2c(-c3ccccc3Br)ncc2c1. The minimum absolute atomic E-state index is 0.548. The van der Waals surface area contributed by atoms with Crippen molar-refractivity contribution in [1.82, 2.24) is 9.38 Å². The van der Waals surface area contributed by atoms with Crippen LogP contribution in [0, 0.1) is 0 Å². The number of fused-ring (bicyclic) bond motifs is 1. The molecule has 2 heterocycles. The summed E-state index contributed by atoms with van der Waals surface area (Å²) in [7, 11) is 0. The second-order valence-corrected chi connectivity index (χ2v) is 4.95. The second kappa shape index (κ2) is 4.55. The average molecular weight is 302 g/mol. The molecule has 0 unspecified atom stereocenters. The lowest BCUT2D eigenvalue weighted by Gasteiger charge is -2.04. The Bertz CT molecular complexity index is 703. The van der Waals surface area contributed by atoms with E-state index in [1.807, 2.05) is 36.7 Å². The van der Waals surface area contributed by atoms with Gasteiger partial charge in [0.1, 0.15) is 5.82 Å². The zero-order valence-electron chi connectivity index (χ0n) is 9.68. The van der Waals surface area contributed by atoms with Crippen molar-refractivity contribution in [2.75, 3.05) is 0 Å². The van der Waals surface area contributed by atoms with Gasteiger partial charge >= 0.3 is 0 Å². The highest BCUT2D eigenvalue weighted by Crippen LogP contribution is 2.27. The standard InChI is InChI=1S/C14H12BrN3/c15-13-4-2-1-3-12(13)14-17-9-11-7-10(8-16)5-6-18(11)14/h1-7,9H,8,16H2. The Morgan fingerprint density at radius 3 is 2.83 bits per heavy atom. The molecular formula is C14H12BrN3.